The number of hydrogen-bond donors (Lipinski definition) is 6. The van der Waals surface area contributed by atoms with Gasteiger partial charge < -0.3 is 9.97 Å². The Labute approximate surface area is 281 Å². The van der Waals surface area contributed by atoms with Crippen molar-refractivity contribution in [1.82, 2.24) is 46.4 Å². The maximum atomic E-state index is 4.63. The molecule has 0 saturated carbocycles. The smallest absolute Gasteiger partial charge is 0.160 e. The molecule has 0 saturated heterocycles. The quantitative estimate of drug-likeness (QED) is 0.0548. The van der Waals surface area contributed by atoms with Gasteiger partial charge in [-0.2, -0.15) is 11.1 Å². The molecule has 0 spiro atoms. The van der Waals surface area contributed by atoms with Crippen LogP contribution >= 0.6 is 0 Å². The highest BCUT2D eigenvalue weighted by molar-refractivity contribution is 5.77. The number of H-pyrrole nitrogens is 2. The van der Waals surface area contributed by atoms with Gasteiger partial charge in [-0.05, 0) is 91.4 Å². The average molecular weight is 641 g/mol. The Morgan fingerprint density at radius 1 is 0.542 bits per heavy atom. The number of aromatic nitrogens is 6. The lowest BCUT2D eigenvalue weighted by molar-refractivity contribution is 0.449. The van der Waals surface area contributed by atoms with Crippen LogP contribution in [0, 0.1) is 0 Å². The summed E-state index contributed by atoms with van der Waals surface area (Å²) in [7, 11) is 0. The van der Waals surface area contributed by atoms with Gasteiger partial charge in [-0.1, -0.05) is 64.0 Å². The molecule has 48 heavy (non-hydrogen) atoms. The summed E-state index contributed by atoms with van der Waals surface area (Å²) in [6.07, 6.45) is 20.4. The standard InChI is InChI=1S/C20H14N4.C18H30N6/c1-2-14-10-16-5-6-18(23-16)12-20-8-7-19(24-20)11-17-4-3-15(22-17)9-13(1)21-14;1-2-3-4-5-6-7-8-11-14-20-23-24-22-18-15-19-16-12-9-10-13-17(16)21-18/h1-12,21,24H;9-10,12-13,15,20,23-24H,2-8,11,14H2,1H3,(H,21,22). The molecule has 0 amide bonds. The molecular formula is C38H44N10. The topological polar surface area (TPSA) is 131 Å². The van der Waals surface area contributed by atoms with Gasteiger partial charge in [-0.3, -0.25) is 10.4 Å². The Kier molecular flexibility index (Phi) is 11.7. The van der Waals surface area contributed by atoms with Crippen molar-refractivity contribution in [2.75, 3.05) is 12.0 Å². The second-order valence-electron chi connectivity index (χ2n) is 11.9. The molecule has 7 rings (SSSR count). The zero-order chi connectivity index (χ0) is 32.8. The molecule has 6 N–H and O–H groups in total. The van der Waals surface area contributed by atoms with Crippen molar-refractivity contribution >= 4 is 63.2 Å². The molecule has 0 aliphatic carbocycles. The second kappa shape index (κ2) is 17.1. The van der Waals surface area contributed by atoms with Gasteiger partial charge in [0.15, 0.2) is 5.82 Å². The number of benzene rings is 1. The Hall–Kier alpha value is -5.16. The van der Waals surface area contributed by atoms with Gasteiger partial charge in [0, 0.05) is 28.6 Å². The molecule has 4 aromatic heterocycles. The van der Waals surface area contributed by atoms with Crippen LogP contribution in [0.15, 0.2) is 79.0 Å². The van der Waals surface area contributed by atoms with E-state index >= 15 is 0 Å². The number of unbranched alkanes of at least 4 members (excludes halogenated alkanes) is 7. The minimum Gasteiger partial charge on any atom is -0.355 e. The van der Waals surface area contributed by atoms with Gasteiger partial charge in [-0.25, -0.2) is 20.4 Å². The van der Waals surface area contributed by atoms with Crippen LogP contribution in [0.4, 0.5) is 5.82 Å². The number of aromatic amines is 2. The third-order valence-corrected chi connectivity index (χ3v) is 7.99. The third-order valence-electron chi connectivity index (χ3n) is 7.99. The minimum absolute atomic E-state index is 0.676. The maximum absolute atomic E-state index is 4.63. The SMILES string of the molecule is C1=Cc2cc3ccc(cc4nc(cc5ccc(cc1n2)[nH]5)C=C4)[nH]3.CCCCCCCCCCNNNNc1cnc2ccccc2n1. The summed E-state index contributed by atoms with van der Waals surface area (Å²) in [6, 6.07) is 24.2. The number of hydrazine groups is 3. The number of para-hydroxylation sites is 2. The zero-order valence-corrected chi connectivity index (χ0v) is 27.5. The number of rotatable bonds is 13. The van der Waals surface area contributed by atoms with Crippen molar-refractivity contribution in [3.05, 3.63) is 102 Å². The number of hydrogen-bond acceptors (Lipinski definition) is 8. The lowest BCUT2D eigenvalue weighted by Gasteiger charge is -2.10. The van der Waals surface area contributed by atoms with Crippen LogP contribution in [0.2, 0.25) is 0 Å². The lowest BCUT2D eigenvalue weighted by atomic mass is 10.1. The summed E-state index contributed by atoms with van der Waals surface area (Å²) < 4.78 is 0. The van der Waals surface area contributed by atoms with Gasteiger partial charge in [-0.15, -0.1) is 0 Å². The molecule has 246 valence electrons. The molecule has 5 aromatic rings. The van der Waals surface area contributed by atoms with E-state index in [1.807, 2.05) is 72.8 Å². The molecule has 0 atom stereocenters. The molecule has 8 bridgehead atoms. The lowest BCUT2D eigenvalue weighted by Crippen LogP contribution is -2.46. The normalized spacial score (nSPS) is 11.9. The molecule has 2 aliphatic rings. The van der Waals surface area contributed by atoms with E-state index in [9.17, 15) is 0 Å². The Bertz CT molecular complexity index is 1830. The predicted molar refractivity (Wildman–Crippen MR) is 199 cm³/mol. The van der Waals surface area contributed by atoms with Crippen LogP contribution in [0.1, 0.15) is 81.1 Å². The molecule has 10 nitrogen and oxygen atoms in total. The van der Waals surface area contributed by atoms with Crippen molar-refractivity contribution in [3.63, 3.8) is 0 Å². The molecule has 6 heterocycles. The van der Waals surface area contributed by atoms with E-state index in [2.05, 4.69) is 83.0 Å². The van der Waals surface area contributed by atoms with Crippen LogP contribution in [0.5, 0.6) is 0 Å². The van der Waals surface area contributed by atoms with Crippen LogP contribution in [0.3, 0.4) is 0 Å². The average Bonchev–Trinajstić information content (AvgIpc) is 3.93. The number of nitrogens with one attached hydrogen (secondary N) is 6. The number of nitrogens with zero attached hydrogens (tertiary/aromatic N) is 4. The van der Waals surface area contributed by atoms with E-state index in [1.54, 1.807) is 6.20 Å². The first-order chi connectivity index (χ1) is 23.7. The molecule has 1 aromatic carbocycles. The summed E-state index contributed by atoms with van der Waals surface area (Å²) in [5.74, 6) is 0.676. The molecule has 2 aliphatic heterocycles. The zero-order valence-electron chi connectivity index (χ0n) is 27.5. The summed E-state index contributed by atoms with van der Waals surface area (Å²) in [5.41, 5.74) is 21.5. The van der Waals surface area contributed by atoms with E-state index in [0.717, 1.165) is 62.4 Å². The third kappa shape index (κ3) is 9.92. The Morgan fingerprint density at radius 3 is 1.58 bits per heavy atom. The van der Waals surface area contributed by atoms with Crippen LogP contribution in [-0.4, -0.2) is 36.4 Å². The minimum atomic E-state index is 0.676. The molecule has 0 radical (unpaired) electrons. The monoisotopic (exact) mass is 640 g/mol. The molecule has 10 heteroatoms. The van der Waals surface area contributed by atoms with Gasteiger partial charge in [0.1, 0.15) is 0 Å². The van der Waals surface area contributed by atoms with Crippen LogP contribution in [-0.2, 0) is 0 Å². The number of fused-ring (bicyclic) bond motifs is 9. The first kappa shape index (κ1) is 32.8. The first-order valence-corrected chi connectivity index (χ1v) is 17.0. The summed E-state index contributed by atoms with van der Waals surface area (Å²) in [4.78, 5) is 24.8. The first-order valence-electron chi connectivity index (χ1n) is 17.0. The van der Waals surface area contributed by atoms with E-state index in [-0.39, 0.29) is 0 Å². The largest absolute Gasteiger partial charge is 0.355 e. The van der Waals surface area contributed by atoms with E-state index < -0.39 is 0 Å². The highest BCUT2D eigenvalue weighted by atomic mass is 15.7. The molecule has 0 unspecified atom stereocenters. The van der Waals surface area contributed by atoms with E-state index in [1.165, 1.54) is 51.4 Å². The maximum Gasteiger partial charge on any atom is 0.160 e. The molecule has 0 fully saturated rings. The Morgan fingerprint density at radius 2 is 1.04 bits per heavy atom. The van der Waals surface area contributed by atoms with Crippen molar-refractivity contribution in [1.29, 1.82) is 0 Å². The van der Waals surface area contributed by atoms with E-state index in [0.29, 0.717) is 5.82 Å². The van der Waals surface area contributed by atoms with Gasteiger partial charge in [0.25, 0.3) is 0 Å². The van der Waals surface area contributed by atoms with Gasteiger partial charge in [0.05, 0.1) is 40.0 Å². The molecular weight excluding hydrogens is 596 g/mol. The van der Waals surface area contributed by atoms with Crippen molar-refractivity contribution in [3.8, 4) is 0 Å². The fraction of sp³-hybridized carbons (Fsp3) is 0.263. The highest BCUT2D eigenvalue weighted by Crippen LogP contribution is 2.17. The number of anilines is 1. The van der Waals surface area contributed by atoms with E-state index in [4.69, 9.17) is 0 Å². The van der Waals surface area contributed by atoms with Crippen molar-refractivity contribution < 1.29 is 0 Å². The van der Waals surface area contributed by atoms with Crippen molar-refractivity contribution in [2.45, 2.75) is 58.3 Å². The van der Waals surface area contributed by atoms with Crippen LogP contribution < -0.4 is 21.9 Å². The highest BCUT2D eigenvalue weighted by Gasteiger charge is 2.02. The fourth-order valence-electron chi connectivity index (χ4n) is 5.51. The van der Waals surface area contributed by atoms with Crippen molar-refractivity contribution in [2.24, 2.45) is 0 Å². The van der Waals surface area contributed by atoms with Gasteiger partial charge >= 0.3 is 0 Å². The summed E-state index contributed by atoms with van der Waals surface area (Å²) >= 11 is 0. The van der Waals surface area contributed by atoms with Gasteiger partial charge in [0.2, 0.25) is 0 Å². The summed E-state index contributed by atoms with van der Waals surface area (Å²) in [5, 5.41) is 0. The van der Waals surface area contributed by atoms with Crippen LogP contribution in [0.25, 0.3) is 57.4 Å². The summed E-state index contributed by atoms with van der Waals surface area (Å²) in [6.45, 7) is 3.20. The fourth-order valence-corrected chi connectivity index (χ4v) is 5.51. The second-order valence-corrected chi connectivity index (χ2v) is 11.9. The Balaban J connectivity index is 0.000000167. The predicted octanol–water partition coefficient (Wildman–Crippen LogP) is 8.35.